The molecule has 0 fully saturated rings. The van der Waals surface area contributed by atoms with Crippen molar-refractivity contribution >= 4 is 11.4 Å². The topological polar surface area (TPSA) is 35.5 Å². The lowest BCUT2D eigenvalue weighted by Gasteiger charge is -2.04. The van der Waals surface area contributed by atoms with Crippen LogP contribution in [0.15, 0.2) is 0 Å². The molecule has 8 heteroatoms. The van der Waals surface area contributed by atoms with Gasteiger partial charge in [-0.25, -0.2) is 8.57 Å². The van der Waals surface area contributed by atoms with Gasteiger partial charge in [0.1, 0.15) is 0 Å². The summed E-state index contributed by atoms with van der Waals surface area (Å²) in [5.41, 5.74) is 0. The summed E-state index contributed by atoms with van der Waals surface area (Å²) in [5, 5.41) is 0. The molecule has 0 aromatic carbocycles. The largest absolute Gasteiger partial charge is 0.413 e. The van der Waals surface area contributed by atoms with Gasteiger partial charge in [0.2, 0.25) is 6.86 Å². The molecule has 0 rings (SSSR count). The molecule has 1 unspecified atom stereocenters. The Kier molecular flexibility index (Phi) is 4.54. The molecule has 0 aromatic rings. The normalized spacial score (nSPS) is 14.9. The molecule has 0 heterocycles. The van der Waals surface area contributed by atoms with Crippen molar-refractivity contribution in [1.82, 2.24) is 0 Å². The summed E-state index contributed by atoms with van der Waals surface area (Å²) < 4.78 is 61.9. The highest BCUT2D eigenvalue weighted by Crippen LogP contribution is 2.15. The molecule has 3 nitrogen and oxygen atoms in total. The first-order valence-corrected chi connectivity index (χ1v) is 3.27. The third-order valence-electron chi connectivity index (χ3n) is 0.460. The summed E-state index contributed by atoms with van der Waals surface area (Å²) in [7, 11) is 0. The van der Waals surface area contributed by atoms with Crippen molar-refractivity contribution in [3.05, 3.63) is 0 Å². The lowest BCUT2D eigenvalue weighted by atomic mass is 10.7. The van der Waals surface area contributed by atoms with Gasteiger partial charge in [0, 0.05) is 0 Å². The SMILES string of the molecule is O=S(OCF)OCC(F)(F)F. The maximum absolute atomic E-state index is 11.2. The van der Waals surface area contributed by atoms with Crippen LogP contribution >= 0.6 is 0 Å². The molecule has 0 saturated heterocycles. The predicted molar refractivity (Wildman–Crippen MR) is 27.2 cm³/mol. The van der Waals surface area contributed by atoms with Gasteiger partial charge < -0.3 is 0 Å². The molecule has 0 aromatic heterocycles. The zero-order chi connectivity index (χ0) is 8.91. The smallest absolute Gasteiger partial charge is 0.259 e. The Morgan fingerprint density at radius 2 is 1.82 bits per heavy atom. The third kappa shape index (κ3) is 7.69. The minimum absolute atomic E-state index is 1.45. The lowest BCUT2D eigenvalue weighted by Crippen LogP contribution is -2.18. The first-order valence-electron chi connectivity index (χ1n) is 2.27. The first kappa shape index (κ1) is 10.8. The number of hydrogen-bond donors (Lipinski definition) is 0. The Morgan fingerprint density at radius 1 is 1.27 bits per heavy atom. The minimum atomic E-state index is -4.59. The molecule has 0 bridgehead atoms. The molecular formula is C3H4F4O3S. The van der Waals surface area contributed by atoms with E-state index in [0.29, 0.717) is 0 Å². The van der Waals surface area contributed by atoms with Gasteiger partial charge in [-0.1, -0.05) is 0 Å². The van der Waals surface area contributed by atoms with Crippen molar-refractivity contribution in [2.24, 2.45) is 0 Å². The Balaban J connectivity index is 3.46. The Labute approximate surface area is 62.2 Å². The van der Waals surface area contributed by atoms with E-state index in [1.807, 2.05) is 0 Å². The molecule has 0 aliphatic carbocycles. The molecule has 1 atom stereocenters. The average molecular weight is 196 g/mol. The lowest BCUT2D eigenvalue weighted by molar-refractivity contribution is -0.153. The molecule has 0 amide bonds. The third-order valence-corrected chi connectivity index (χ3v) is 1.05. The maximum Gasteiger partial charge on any atom is 0.413 e. The van der Waals surface area contributed by atoms with Gasteiger partial charge in [-0.05, 0) is 0 Å². The van der Waals surface area contributed by atoms with Crippen LogP contribution in [-0.4, -0.2) is 23.9 Å². The molecule has 0 spiro atoms. The Morgan fingerprint density at radius 3 is 2.18 bits per heavy atom. The van der Waals surface area contributed by atoms with E-state index in [0.717, 1.165) is 0 Å². The van der Waals surface area contributed by atoms with Crippen LogP contribution in [0.5, 0.6) is 0 Å². The first-order chi connectivity index (χ1) is 4.95. The number of alkyl halides is 4. The molecule has 0 radical (unpaired) electrons. The molecule has 11 heavy (non-hydrogen) atoms. The van der Waals surface area contributed by atoms with Gasteiger partial charge in [0.15, 0.2) is 6.61 Å². The van der Waals surface area contributed by atoms with Crippen molar-refractivity contribution in [2.75, 3.05) is 13.5 Å². The monoisotopic (exact) mass is 196 g/mol. The summed E-state index contributed by atoms with van der Waals surface area (Å²) in [6.45, 7) is -3.18. The predicted octanol–water partition coefficient (Wildman–Crippen LogP) is 1.09. The van der Waals surface area contributed by atoms with Gasteiger partial charge in [-0.15, -0.1) is 0 Å². The van der Waals surface area contributed by atoms with Crippen molar-refractivity contribution in [3.8, 4) is 0 Å². The summed E-state index contributed by atoms with van der Waals surface area (Å²) in [4.78, 5) is 0. The second-order valence-corrected chi connectivity index (χ2v) is 2.19. The molecule has 68 valence electrons. The van der Waals surface area contributed by atoms with Crippen LogP contribution in [-0.2, 0) is 19.7 Å². The fraction of sp³-hybridized carbons (Fsp3) is 1.00. The zero-order valence-corrected chi connectivity index (χ0v) is 5.88. The van der Waals surface area contributed by atoms with E-state index in [-0.39, 0.29) is 0 Å². The minimum Gasteiger partial charge on any atom is -0.259 e. The van der Waals surface area contributed by atoms with Gasteiger partial charge in [-0.2, -0.15) is 17.4 Å². The molecule has 0 aliphatic heterocycles. The van der Waals surface area contributed by atoms with E-state index >= 15 is 0 Å². The Bertz CT molecular complexity index is 135. The van der Waals surface area contributed by atoms with Crippen molar-refractivity contribution < 1.29 is 30.1 Å². The Hall–Kier alpha value is -0.210. The second kappa shape index (κ2) is 4.62. The summed E-state index contributed by atoms with van der Waals surface area (Å²) in [5.74, 6) is 0. The van der Waals surface area contributed by atoms with Crippen LogP contribution in [0.25, 0.3) is 0 Å². The van der Waals surface area contributed by atoms with E-state index in [4.69, 9.17) is 0 Å². The van der Waals surface area contributed by atoms with Gasteiger partial charge in [0.05, 0.1) is 0 Å². The van der Waals surface area contributed by atoms with Crippen molar-refractivity contribution in [1.29, 1.82) is 0 Å². The van der Waals surface area contributed by atoms with Gasteiger partial charge in [0.25, 0.3) is 0 Å². The summed E-state index contributed by atoms with van der Waals surface area (Å²) in [6.07, 6.45) is -4.59. The van der Waals surface area contributed by atoms with Crippen molar-refractivity contribution in [2.45, 2.75) is 6.18 Å². The van der Waals surface area contributed by atoms with E-state index in [2.05, 4.69) is 8.37 Å². The number of rotatable bonds is 4. The van der Waals surface area contributed by atoms with Crippen LogP contribution < -0.4 is 0 Å². The van der Waals surface area contributed by atoms with Crippen LogP contribution in [0, 0.1) is 0 Å². The standard InChI is InChI=1S/C3H4F4O3S/c4-2-10-11(8)9-1-3(5,6)7/h1-2H2. The highest BCUT2D eigenvalue weighted by Gasteiger charge is 2.29. The van der Waals surface area contributed by atoms with Gasteiger partial charge in [-0.3, -0.25) is 4.18 Å². The molecule has 0 aliphatic rings. The van der Waals surface area contributed by atoms with Crippen LogP contribution in [0.1, 0.15) is 0 Å². The number of hydrogen-bond acceptors (Lipinski definition) is 3. The average Bonchev–Trinajstić information content (AvgIpc) is 1.83. The summed E-state index contributed by atoms with van der Waals surface area (Å²) in [6, 6.07) is 0. The zero-order valence-electron chi connectivity index (χ0n) is 5.06. The highest BCUT2D eigenvalue weighted by atomic mass is 32.2. The fourth-order valence-electron chi connectivity index (χ4n) is 0.185. The molecular weight excluding hydrogens is 192 g/mol. The van der Waals surface area contributed by atoms with E-state index in [1.165, 1.54) is 0 Å². The van der Waals surface area contributed by atoms with E-state index < -0.39 is 31.0 Å². The van der Waals surface area contributed by atoms with Crippen LogP contribution in [0.4, 0.5) is 17.6 Å². The maximum atomic E-state index is 11.2. The molecule has 0 N–H and O–H groups in total. The second-order valence-electron chi connectivity index (χ2n) is 1.31. The van der Waals surface area contributed by atoms with Gasteiger partial charge >= 0.3 is 17.5 Å². The fourth-order valence-corrected chi connectivity index (χ4v) is 0.556. The number of halogens is 4. The quantitative estimate of drug-likeness (QED) is 0.631. The summed E-state index contributed by atoms with van der Waals surface area (Å²) >= 11 is -2.66. The van der Waals surface area contributed by atoms with Crippen molar-refractivity contribution in [3.63, 3.8) is 0 Å². The van der Waals surface area contributed by atoms with E-state index in [1.54, 1.807) is 0 Å². The van der Waals surface area contributed by atoms with Crippen LogP contribution in [0.3, 0.4) is 0 Å². The van der Waals surface area contributed by atoms with Crippen LogP contribution in [0.2, 0.25) is 0 Å². The van der Waals surface area contributed by atoms with E-state index in [9.17, 15) is 21.8 Å². The molecule has 0 saturated carbocycles. The highest BCUT2D eigenvalue weighted by molar-refractivity contribution is 7.75.